The second kappa shape index (κ2) is 7.18. The molecule has 0 fully saturated rings. The third-order valence-electron chi connectivity index (χ3n) is 3.98. The molecule has 26 heavy (non-hydrogen) atoms. The van der Waals surface area contributed by atoms with Gasteiger partial charge in [0.15, 0.2) is 0 Å². The number of carbonyl (C=O) groups excluding carboxylic acids is 2. The fraction of sp³-hybridized carbons (Fsp3) is 0.158. The van der Waals surface area contributed by atoms with Crippen LogP contribution in [0.2, 0.25) is 0 Å². The lowest BCUT2D eigenvalue weighted by molar-refractivity contribution is -0.142. The number of benzene rings is 2. The van der Waals surface area contributed by atoms with Crippen molar-refractivity contribution >= 4 is 22.8 Å². The molecule has 0 radical (unpaired) electrons. The molecule has 7 heteroatoms. The first-order chi connectivity index (χ1) is 12.5. The summed E-state index contributed by atoms with van der Waals surface area (Å²) in [5.74, 6) is -0.929. The Kier molecular flexibility index (Phi) is 4.79. The number of fused-ring (bicyclic) bond motifs is 1. The first-order valence-electron chi connectivity index (χ1n) is 7.97. The lowest BCUT2D eigenvalue weighted by Gasteiger charge is -2.12. The third-order valence-corrected chi connectivity index (χ3v) is 3.98. The van der Waals surface area contributed by atoms with Gasteiger partial charge in [0.25, 0.3) is 11.5 Å². The molecule has 0 aliphatic carbocycles. The van der Waals surface area contributed by atoms with Crippen molar-refractivity contribution in [2.45, 2.75) is 13.0 Å². The molecule has 0 unspecified atom stereocenters. The number of para-hydroxylation sites is 1. The van der Waals surface area contributed by atoms with E-state index in [2.05, 4.69) is 15.0 Å². The van der Waals surface area contributed by atoms with Crippen molar-refractivity contribution in [3.05, 3.63) is 70.8 Å². The van der Waals surface area contributed by atoms with E-state index in [4.69, 9.17) is 0 Å². The van der Waals surface area contributed by atoms with Crippen molar-refractivity contribution in [1.29, 1.82) is 0 Å². The molecule has 1 N–H and O–H groups in total. The van der Waals surface area contributed by atoms with E-state index in [9.17, 15) is 14.4 Å². The predicted octanol–water partition coefficient (Wildman–Crippen LogP) is 1.68. The number of methoxy groups -OCH3 is 1. The quantitative estimate of drug-likeness (QED) is 0.722. The van der Waals surface area contributed by atoms with Gasteiger partial charge in [0.1, 0.15) is 12.4 Å². The van der Waals surface area contributed by atoms with Crippen molar-refractivity contribution in [2.75, 3.05) is 7.11 Å². The molecule has 0 bridgehead atoms. The van der Waals surface area contributed by atoms with Crippen LogP contribution < -0.4 is 10.9 Å². The highest BCUT2D eigenvalue weighted by molar-refractivity contribution is 5.96. The molecule has 132 valence electrons. The molecule has 1 aromatic heterocycles. The van der Waals surface area contributed by atoms with E-state index in [1.54, 1.807) is 49.4 Å². The summed E-state index contributed by atoms with van der Waals surface area (Å²) in [4.78, 5) is 40.4. The Balaban J connectivity index is 1.86. The number of hydrogen-bond acceptors (Lipinski definition) is 5. The number of rotatable bonds is 4. The van der Waals surface area contributed by atoms with Crippen LogP contribution in [-0.4, -0.2) is 34.6 Å². The SMILES string of the molecule is COC(=O)[C@@H](C)NC(=O)c1ccc(-n2cnc3ccccc3c2=O)cc1. The van der Waals surface area contributed by atoms with Crippen LogP contribution in [-0.2, 0) is 9.53 Å². The van der Waals surface area contributed by atoms with E-state index in [1.807, 2.05) is 6.07 Å². The molecule has 0 spiro atoms. The topological polar surface area (TPSA) is 90.3 Å². The van der Waals surface area contributed by atoms with Crippen molar-refractivity contribution < 1.29 is 14.3 Å². The van der Waals surface area contributed by atoms with Crippen LogP contribution in [0.25, 0.3) is 16.6 Å². The monoisotopic (exact) mass is 351 g/mol. The van der Waals surface area contributed by atoms with Gasteiger partial charge in [0, 0.05) is 5.56 Å². The molecule has 7 nitrogen and oxygen atoms in total. The largest absolute Gasteiger partial charge is 0.467 e. The van der Waals surface area contributed by atoms with Crippen LogP contribution >= 0.6 is 0 Å². The molecular weight excluding hydrogens is 334 g/mol. The minimum absolute atomic E-state index is 0.188. The maximum absolute atomic E-state index is 12.6. The summed E-state index contributed by atoms with van der Waals surface area (Å²) in [6.45, 7) is 1.54. The van der Waals surface area contributed by atoms with Gasteiger partial charge in [-0.3, -0.25) is 14.2 Å². The van der Waals surface area contributed by atoms with E-state index in [-0.39, 0.29) is 5.56 Å². The molecule has 0 saturated heterocycles. The Morgan fingerprint density at radius 3 is 2.50 bits per heavy atom. The Labute approximate surface area is 149 Å². The van der Waals surface area contributed by atoms with E-state index >= 15 is 0 Å². The van der Waals surface area contributed by atoms with Gasteiger partial charge in [-0.25, -0.2) is 9.78 Å². The highest BCUT2D eigenvalue weighted by Crippen LogP contribution is 2.11. The van der Waals surface area contributed by atoms with Gasteiger partial charge in [-0.15, -0.1) is 0 Å². The Morgan fingerprint density at radius 2 is 1.81 bits per heavy atom. The summed E-state index contributed by atoms with van der Waals surface area (Å²) in [7, 11) is 1.26. The van der Waals surface area contributed by atoms with Crippen molar-refractivity contribution in [3.8, 4) is 5.69 Å². The summed E-state index contributed by atoms with van der Waals surface area (Å²) < 4.78 is 5.99. The Bertz CT molecular complexity index is 1020. The molecule has 0 saturated carbocycles. The summed E-state index contributed by atoms with van der Waals surface area (Å²) in [5, 5.41) is 3.06. The minimum Gasteiger partial charge on any atom is -0.467 e. The fourth-order valence-corrected chi connectivity index (χ4v) is 2.54. The highest BCUT2D eigenvalue weighted by Gasteiger charge is 2.17. The van der Waals surface area contributed by atoms with Gasteiger partial charge in [-0.05, 0) is 43.3 Å². The Morgan fingerprint density at radius 1 is 1.12 bits per heavy atom. The summed E-state index contributed by atoms with van der Waals surface area (Å²) in [6.07, 6.45) is 1.46. The smallest absolute Gasteiger partial charge is 0.328 e. The van der Waals surface area contributed by atoms with Crippen LogP contribution in [0, 0.1) is 0 Å². The Hall–Kier alpha value is -3.48. The molecule has 2 aromatic carbocycles. The predicted molar refractivity (Wildman–Crippen MR) is 96.3 cm³/mol. The number of esters is 1. The number of amides is 1. The molecule has 0 aliphatic heterocycles. The maximum atomic E-state index is 12.6. The first-order valence-corrected chi connectivity index (χ1v) is 7.97. The number of nitrogens with zero attached hydrogens (tertiary/aromatic N) is 2. The molecule has 3 aromatic rings. The van der Waals surface area contributed by atoms with E-state index in [0.29, 0.717) is 22.2 Å². The molecule has 1 atom stereocenters. The molecule has 1 heterocycles. The summed E-state index contributed by atoms with van der Waals surface area (Å²) in [5.41, 5.74) is 1.39. The van der Waals surface area contributed by atoms with Gasteiger partial charge in [-0.1, -0.05) is 12.1 Å². The average Bonchev–Trinajstić information content (AvgIpc) is 2.68. The van der Waals surface area contributed by atoms with Crippen LogP contribution in [0.15, 0.2) is 59.7 Å². The second-order valence-electron chi connectivity index (χ2n) is 5.70. The zero-order chi connectivity index (χ0) is 18.7. The average molecular weight is 351 g/mol. The fourth-order valence-electron chi connectivity index (χ4n) is 2.54. The van der Waals surface area contributed by atoms with Crippen molar-refractivity contribution in [3.63, 3.8) is 0 Å². The van der Waals surface area contributed by atoms with Gasteiger partial charge < -0.3 is 10.1 Å². The van der Waals surface area contributed by atoms with Crippen molar-refractivity contribution in [2.24, 2.45) is 0 Å². The standard InChI is InChI=1S/C19H17N3O4/c1-12(19(25)26-2)21-17(23)13-7-9-14(10-8-13)22-11-20-16-6-4-3-5-15(16)18(22)24/h3-12H,1-2H3,(H,21,23)/t12-/m1/s1. The van der Waals surface area contributed by atoms with Crippen LogP contribution in [0.5, 0.6) is 0 Å². The lowest BCUT2D eigenvalue weighted by atomic mass is 10.1. The van der Waals surface area contributed by atoms with E-state index in [0.717, 1.165) is 0 Å². The number of ether oxygens (including phenoxy) is 1. The number of aromatic nitrogens is 2. The number of carbonyl (C=O) groups is 2. The third kappa shape index (κ3) is 3.32. The van der Waals surface area contributed by atoms with Crippen molar-refractivity contribution in [1.82, 2.24) is 14.9 Å². The normalized spacial score (nSPS) is 11.8. The molecular formula is C19H17N3O4. The number of hydrogen-bond donors (Lipinski definition) is 1. The van der Waals surface area contributed by atoms with E-state index in [1.165, 1.54) is 18.0 Å². The van der Waals surface area contributed by atoms with Crippen LogP contribution in [0.1, 0.15) is 17.3 Å². The zero-order valence-electron chi connectivity index (χ0n) is 14.3. The van der Waals surface area contributed by atoms with Gasteiger partial charge in [0.2, 0.25) is 0 Å². The summed E-state index contributed by atoms with van der Waals surface area (Å²) in [6, 6.07) is 12.8. The molecule has 0 aliphatic rings. The number of nitrogens with one attached hydrogen (secondary N) is 1. The highest BCUT2D eigenvalue weighted by atomic mass is 16.5. The van der Waals surface area contributed by atoms with Gasteiger partial charge in [0.05, 0.1) is 23.7 Å². The second-order valence-corrected chi connectivity index (χ2v) is 5.70. The van der Waals surface area contributed by atoms with Crippen LogP contribution in [0.4, 0.5) is 0 Å². The maximum Gasteiger partial charge on any atom is 0.328 e. The zero-order valence-corrected chi connectivity index (χ0v) is 14.3. The molecule has 1 amide bonds. The molecule has 3 rings (SSSR count). The first kappa shape index (κ1) is 17.3. The van der Waals surface area contributed by atoms with Gasteiger partial charge in [-0.2, -0.15) is 0 Å². The minimum atomic E-state index is -0.750. The van der Waals surface area contributed by atoms with Gasteiger partial charge >= 0.3 is 5.97 Å². The van der Waals surface area contributed by atoms with Crippen LogP contribution in [0.3, 0.4) is 0 Å². The summed E-state index contributed by atoms with van der Waals surface area (Å²) >= 11 is 0. The van der Waals surface area contributed by atoms with E-state index < -0.39 is 17.9 Å². The lowest BCUT2D eigenvalue weighted by Crippen LogP contribution is -2.39.